The molecule has 1 amide bonds. The highest BCUT2D eigenvalue weighted by molar-refractivity contribution is 7.00. The van der Waals surface area contributed by atoms with Crippen molar-refractivity contribution in [2.75, 3.05) is 5.32 Å². The summed E-state index contributed by atoms with van der Waals surface area (Å²) < 4.78 is 9.51. The van der Waals surface area contributed by atoms with E-state index in [1.54, 1.807) is 18.2 Å². The quantitative estimate of drug-likeness (QED) is 0.565. The molecular formula is C20H17N5O2S. The van der Waals surface area contributed by atoms with Crippen molar-refractivity contribution in [1.29, 1.82) is 0 Å². The average molecular weight is 391 g/mol. The van der Waals surface area contributed by atoms with Gasteiger partial charge in [0.15, 0.2) is 0 Å². The lowest BCUT2D eigenvalue weighted by Crippen LogP contribution is -2.29. The molecule has 0 spiro atoms. The Balaban J connectivity index is 1.56. The van der Waals surface area contributed by atoms with Gasteiger partial charge in [-0.2, -0.15) is 13.8 Å². The minimum absolute atomic E-state index is 0.187. The van der Waals surface area contributed by atoms with Gasteiger partial charge in [-0.05, 0) is 30.2 Å². The van der Waals surface area contributed by atoms with Gasteiger partial charge >= 0.3 is 0 Å². The van der Waals surface area contributed by atoms with Crippen LogP contribution >= 0.6 is 11.7 Å². The van der Waals surface area contributed by atoms with Crippen molar-refractivity contribution in [3.05, 3.63) is 70.5 Å². The molecule has 4 rings (SSSR count). The molecule has 2 heterocycles. The van der Waals surface area contributed by atoms with Crippen LogP contribution in [0.25, 0.3) is 22.3 Å². The first-order valence-corrected chi connectivity index (χ1v) is 9.55. The molecule has 0 aliphatic heterocycles. The zero-order chi connectivity index (χ0) is 19.5. The lowest BCUT2D eigenvalue weighted by atomic mass is 10.1. The Morgan fingerprint density at radius 3 is 2.68 bits per heavy atom. The number of fused-ring (bicyclic) bond motifs is 1. The summed E-state index contributed by atoms with van der Waals surface area (Å²) in [7, 11) is 0. The maximum absolute atomic E-state index is 12.5. The molecule has 140 valence electrons. The van der Waals surface area contributed by atoms with Gasteiger partial charge in [-0.1, -0.05) is 37.3 Å². The number of anilines is 1. The summed E-state index contributed by atoms with van der Waals surface area (Å²) in [4.78, 5) is 24.6. The smallest absolute Gasteiger partial charge is 0.267 e. The van der Waals surface area contributed by atoms with E-state index in [9.17, 15) is 9.59 Å². The van der Waals surface area contributed by atoms with Gasteiger partial charge in [-0.3, -0.25) is 9.59 Å². The van der Waals surface area contributed by atoms with Gasteiger partial charge < -0.3 is 5.32 Å². The topological polar surface area (TPSA) is 89.8 Å². The molecular weight excluding hydrogens is 374 g/mol. The minimum atomic E-state index is -0.353. The second-order valence-corrected chi connectivity index (χ2v) is 6.78. The molecule has 2 aromatic heterocycles. The van der Waals surface area contributed by atoms with Gasteiger partial charge in [0.1, 0.15) is 17.6 Å². The summed E-state index contributed by atoms with van der Waals surface area (Å²) in [5.74, 6) is -0.353. The molecule has 0 unspecified atom stereocenters. The van der Waals surface area contributed by atoms with Crippen LogP contribution in [-0.4, -0.2) is 24.4 Å². The number of rotatable bonds is 5. The predicted octanol–water partition coefficient (Wildman–Crippen LogP) is 3.12. The zero-order valence-corrected chi connectivity index (χ0v) is 15.9. The van der Waals surface area contributed by atoms with Crippen molar-refractivity contribution in [3.63, 3.8) is 0 Å². The minimum Gasteiger partial charge on any atom is -0.322 e. The number of carbonyl (C=O) groups excluding carboxylic acids is 1. The molecule has 0 radical (unpaired) electrons. The number of hydrogen-bond acceptors (Lipinski definition) is 6. The number of nitrogens with one attached hydrogen (secondary N) is 1. The highest BCUT2D eigenvalue weighted by atomic mass is 32.1. The summed E-state index contributed by atoms with van der Waals surface area (Å²) in [5.41, 5.74) is 4.34. The highest BCUT2D eigenvalue weighted by Crippen LogP contribution is 2.21. The maximum atomic E-state index is 12.5. The van der Waals surface area contributed by atoms with Crippen LogP contribution in [0.3, 0.4) is 0 Å². The molecule has 0 saturated carbocycles. The second kappa shape index (κ2) is 7.69. The Morgan fingerprint density at radius 1 is 1.07 bits per heavy atom. The number of amides is 1. The fourth-order valence-electron chi connectivity index (χ4n) is 2.86. The van der Waals surface area contributed by atoms with Gasteiger partial charge in [0.2, 0.25) is 5.91 Å². The van der Waals surface area contributed by atoms with Gasteiger partial charge in [0.25, 0.3) is 5.56 Å². The van der Waals surface area contributed by atoms with Crippen LogP contribution < -0.4 is 10.9 Å². The fraction of sp³-hybridized carbons (Fsp3) is 0.150. The standard InChI is InChI=1S/C20H17N5O2S/c1-2-13-6-8-14(9-7-13)15-10-11-19(27)25(22-15)12-18(26)21-16-4-3-5-17-20(16)24-28-23-17/h3-11H,2,12H2,1H3,(H,21,26). The molecule has 2 aromatic carbocycles. The maximum Gasteiger partial charge on any atom is 0.267 e. The van der Waals surface area contributed by atoms with E-state index in [1.165, 1.54) is 11.6 Å². The third kappa shape index (κ3) is 3.67. The summed E-state index contributed by atoms with van der Waals surface area (Å²) in [6.45, 7) is 1.90. The number of hydrogen-bond donors (Lipinski definition) is 1. The van der Waals surface area contributed by atoms with Gasteiger partial charge in [-0.15, -0.1) is 0 Å². The third-order valence-electron chi connectivity index (χ3n) is 4.38. The summed E-state index contributed by atoms with van der Waals surface area (Å²) in [6.07, 6.45) is 0.953. The van der Waals surface area contributed by atoms with E-state index in [-0.39, 0.29) is 18.0 Å². The zero-order valence-electron chi connectivity index (χ0n) is 15.1. The van der Waals surface area contributed by atoms with Crippen molar-refractivity contribution in [2.24, 2.45) is 0 Å². The van der Waals surface area contributed by atoms with Crippen molar-refractivity contribution < 1.29 is 4.79 Å². The Bertz CT molecular complexity index is 1200. The molecule has 0 aliphatic rings. The van der Waals surface area contributed by atoms with Crippen LogP contribution in [0.15, 0.2) is 59.4 Å². The van der Waals surface area contributed by atoms with E-state index in [4.69, 9.17) is 0 Å². The molecule has 4 aromatic rings. The van der Waals surface area contributed by atoms with E-state index in [2.05, 4.69) is 26.1 Å². The van der Waals surface area contributed by atoms with E-state index < -0.39 is 0 Å². The monoisotopic (exact) mass is 391 g/mol. The largest absolute Gasteiger partial charge is 0.322 e. The number of aryl methyl sites for hydroxylation is 1. The van der Waals surface area contributed by atoms with Crippen molar-refractivity contribution in [2.45, 2.75) is 19.9 Å². The molecule has 1 N–H and O–H groups in total. The normalized spacial score (nSPS) is 10.9. The van der Waals surface area contributed by atoms with E-state index in [0.29, 0.717) is 16.9 Å². The fourth-order valence-corrected chi connectivity index (χ4v) is 3.41. The van der Waals surface area contributed by atoms with Crippen LogP contribution in [-0.2, 0) is 17.8 Å². The summed E-state index contributed by atoms with van der Waals surface area (Å²) in [5, 5.41) is 7.14. The summed E-state index contributed by atoms with van der Waals surface area (Å²) >= 11 is 1.08. The molecule has 0 aliphatic carbocycles. The van der Waals surface area contributed by atoms with Crippen molar-refractivity contribution in [1.82, 2.24) is 18.5 Å². The second-order valence-electron chi connectivity index (χ2n) is 6.25. The van der Waals surface area contributed by atoms with Gasteiger partial charge in [0.05, 0.1) is 23.1 Å². The van der Waals surface area contributed by atoms with Crippen LogP contribution in [0.5, 0.6) is 0 Å². The Labute approximate surface area is 165 Å². The Morgan fingerprint density at radius 2 is 1.89 bits per heavy atom. The van der Waals surface area contributed by atoms with Crippen LogP contribution in [0.4, 0.5) is 5.69 Å². The first-order valence-electron chi connectivity index (χ1n) is 8.82. The van der Waals surface area contributed by atoms with Crippen molar-refractivity contribution in [3.8, 4) is 11.3 Å². The van der Waals surface area contributed by atoms with Crippen LogP contribution in [0, 0.1) is 0 Å². The summed E-state index contributed by atoms with van der Waals surface area (Å²) in [6, 6.07) is 16.5. The average Bonchev–Trinajstić information content (AvgIpc) is 3.20. The SMILES string of the molecule is CCc1ccc(-c2ccc(=O)n(CC(=O)Nc3cccc4nsnc34)n2)cc1. The number of aromatic nitrogens is 4. The number of nitrogens with zero attached hydrogens (tertiary/aromatic N) is 4. The first-order chi connectivity index (χ1) is 13.6. The van der Waals surface area contributed by atoms with E-state index >= 15 is 0 Å². The molecule has 0 saturated heterocycles. The molecule has 0 bridgehead atoms. The number of benzene rings is 2. The first kappa shape index (κ1) is 18.0. The van der Waals surface area contributed by atoms with Crippen LogP contribution in [0.2, 0.25) is 0 Å². The number of carbonyl (C=O) groups is 1. The van der Waals surface area contributed by atoms with E-state index in [0.717, 1.165) is 33.9 Å². The molecule has 0 atom stereocenters. The van der Waals surface area contributed by atoms with Gasteiger partial charge in [-0.25, -0.2) is 4.68 Å². The lowest BCUT2D eigenvalue weighted by Gasteiger charge is -2.09. The predicted molar refractivity (Wildman–Crippen MR) is 109 cm³/mol. The van der Waals surface area contributed by atoms with Crippen LogP contribution in [0.1, 0.15) is 12.5 Å². The highest BCUT2D eigenvalue weighted by Gasteiger charge is 2.11. The van der Waals surface area contributed by atoms with Gasteiger partial charge in [0, 0.05) is 11.6 Å². The molecule has 0 fully saturated rings. The Hall–Kier alpha value is -3.39. The molecule has 8 heteroatoms. The van der Waals surface area contributed by atoms with E-state index in [1.807, 2.05) is 30.3 Å². The molecule has 28 heavy (non-hydrogen) atoms. The molecule has 7 nitrogen and oxygen atoms in total. The van der Waals surface area contributed by atoms with Crippen molar-refractivity contribution >= 4 is 34.4 Å². The third-order valence-corrected chi connectivity index (χ3v) is 4.92. The lowest BCUT2D eigenvalue weighted by molar-refractivity contribution is -0.117. The Kier molecular flexibility index (Phi) is 4.94.